The average Bonchev–Trinajstić information content (AvgIpc) is 3.09. The van der Waals surface area contributed by atoms with Crippen LogP contribution in [0.1, 0.15) is 24.6 Å². The Hall–Kier alpha value is -2.11. The van der Waals surface area contributed by atoms with E-state index in [9.17, 15) is 4.39 Å². The first-order chi connectivity index (χ1) is 9.13. The van der Waals surface area contributed by atoms with Crippen molar-refractivity contribution in [3.05, 3.63) is 23.6 Å². The molecule has 5 nitrogen and oxygen atoms in total. The molecule has 1 aromatic carbocycles. The molecule has 2 heterocycles. The van der Waals surface area contributed by atoms with Crippen LogP contribution in [-0.4, -0.2) is 22.0 Å². The van der Waals surface area contributed by atoms with Crippen LogP contribution in [0.5, 0.6) is 0 Å². The molecule has 1 saturated carbocycles. The number of nitrogens with zero attached hydrogens (tertiary/aromatic N) is 4. The van der Waals surface area contributed by atoms with Crippen LogP contribution in [0.15, 0.2) is 12.1 Å². The van der Waals surface area contributed by atoms with E-state index >= 15 is 0 Å². The van der Waals surface area contributed by atoms with Gasteiger partial charge in [0.25, 0.3) is 0 Å². The van der Waals surface area contributed by atoms with E-state index in [-0.39, 0.29) is 5.82 Å². The Kier molecular flexibility index (Phi) is 1.97. The van der Waals surface area contributed by atoms with Gasteiger partial charge in [0.1, 0.15) is 17.2 Å². The topological polar surface area (TPSA) is 60.0 Å². The second-order valence-corrected chi connectivity index (χ2v) is 5.29. The number of fused-ring (bicyclic) bond motifs is 3. The highest BCUT2D eigenvalue weighted by atomic mass is 19.1. The molecule has 2 N–H and O–H groups in total. The van der Waals surface area contributed by atoms with Crippen LogP contribution in [0.25, 0.3) is 11.3 Å². The van der Waals surface area contributed by atoms with Crippen LogP contribution in [0.3, 0.4) is 0 Å². The number of aromatic nitrogens is 3. The monoisotopic (exact) mass is 259 g/mol. The van der Waals surface area contributed by atoms with Crippen molar-refractivity contribution in [2.24, 2.45) is 0 Å². The van der Waals surface area contributed by atoms with Crippen LogP contribution < -0.4 is 10.6 Å². The second kappa shape index (κ2) is 3.46. The van der Waals surface area contributed by atoms with Crippen LogP contribution >= 0.6 is 0 Å². The maximum absolute atomic E-state index is 13.6. The summed E-state index contributed by atoms with van der Waals surface area (Å²) in [4.78, 5) is 3.77. The number of hydrogen-bond donors (Lipinski definition) is 1. The molecule has 0 radical (unpaired) electrons. The molecular weight excluding hydrogens is 245 g/mol. The van der Waals surface area contributed by atoms with Crippen molar-refractivity contribution in [3.63, 3.8) is 0 Å². The predicted octanol–water partition coefficient (Wildman–Crippen LogP) is 1.95. The third-order valence-electron chi connectivity index (χ3n) is 3.70. The molecule has 1 fully saturated rings. The number of hydrogen-bond acceptors (Lipinski definition) is 4. The fourth-order valence-electron chi connectivity index (χ4n) is 2.67. The Labute approximate surface area is 109 Å². The summed E-state index contributed by atoms with van der Waals surface area (Å²) in [5, 5.41) is 9.05. The van der Waals surface area contributed by atoms with Gasteiger partial charge in [-0.15, -0.1) is 0 Å². The standard InChI is InChI=1S/C13H14FN5/c1-18-6-11-12(17-19(16-11)8-2-3-8)9-4-7(14)5-10(15)13(9)18/h4-5,8H,2-3,6,15H2,1H3. The summed E-state index contributed by atoms with van der Waals surface area (Å²) in [5.41, 5.74) is 9.63. The number of nitrogens with two attached hydrogens (primary N) is 1. The molecule has 0 bridgehead atoms. The molecule has 0 atom stereocenters. The maximum Gasteiger partial charge on any atom is 0.126 e. The third-order valence-corrected chi connectivity index (χ3v) is 3.70. The molecule has 98 valence electrons. The van der Waals surface area contributed by atoms with Gasteiger partial charge in [0.15, 0.2) is 0 Å². The Balaban J connectivity index is 1.95. The van der Waals surface area contributed by atoms with Crippen molar-refractivity contribution in [1.82, 2.24) is 15.0 Å². The predicted molar refractivity (Wildman–Crippen MR) is 70.2 cm³/mol. The lowest BCUT2D eigenvalue weighted by atomic mass is 10.0. The number of rotatable bonds is 1. The Morgan fingerprint density at radius 3 is 2.84 bits per heavy atom. The minimum absolute atomic E-state index is 0.335. The summed E-state index contributed by atoms with van der Waals surface area (Å²) in [6.07, 6.45) is 2.25. The zero-order valence-corrected chi connectivity index (χ0v) is 10.6. The van der Waals surface area contributed by atoms with Crippen molar-refractivity contribution >= 4 is 11.4 Å². The summed E-state index contributed by atoms with van der Waals surface area (Å²) >= 11 is 0. The zero-order valence-electron chi connectivity index (χ0n) is 10.6. The van der Waals surface area contributed by atoms with Gasteiger partial charge in [0, 0.05) is 12.6 Å². The molecule has 0 saturated heterocycles. The number of nitrogen functional groups attached to an aromatic ring is 1. The highest BCUT2D eigenvalue weighted by Gasteiger charge is 2.31. The smallest absolute Gasteiger partial charge is 0.126 e. The molecule has 1 aromatic heterocycles. The van der Waals surface area contributed by atoms with Crippen molar-refractivity contribution < 1.29 is 4.39 Å². The lowest BCUT2D eigenvalue weighted by Gasteiger charge is -2.27. The summed E-state index contributed by atoms with van der Waals surface area (Å²) in [7, 11) is 1.94. The van der Waals surface area contributed by atoms with Crippen molar-refractivity contribution in [3.8, 4) is 11.3 Å². The normalized spacial score (nSPS) is 17.3. The minimum Gasteiger partial charge on any atom is -0.397 e. The van der Waals surface area contributed by atoms with Crippen molar-refractivity contribution in [1.29, 1.82) is 0 Å². The minimum atomic E-state index is -0.335. The molecular formula is C13H14FN5. The molecule has 0 spiro atoms. The molecule has 1 aliphatic heterocycles. The van der Waals surface area contributed by atoms with Crippen molar-refractivity contribution in [2.75, 3.05) is 17.7 Å². The van der Waals surface area contributed by atoms with Gasteiger partial charge in [0.05, 0.1) is 24.0 Å². The van der Waals surface area contributed by atoms with E-state index in [2.05, 4.69) is 10.2 Å². The highest BCUT2D eigenvalue weighted by molar-refractivity contribution is 5.88. The Morgan fingerprint density at radius 1 is 1.32 bits per heavy atom. The second-order valence-electron chi connectivity index (χ2n) is 5.29. The van der Waals surface area contributed by atoms with Crippen LogP contribution in [0.4, 0.5) is 15.8 Å². The van der Waals surface area contributed by atoms with Gasteiger partial charge in [0.2, 0.25) is 0 Å². The highest BCUT2D eigenvalue weighted by Crippen LogP contribution is 2.42. The van der Waals surface area contributed by atoms with Gasteiger partial charge in [-0.2, -0.15) is 15.0 Å². The first-order valence-electron chi connectivity index (χ1n) is 6.39. The SMILES string of the molecule is CN1Cc2nn(C3CC3)nc2-c2cc(F)cc(N)c21. The van der Waals surface area contributed by atoms with Crippen molar-refractivity contribution in [2.45, 2.75) is 25.4 Å². The van der Waals surface area contributed by atoms with E-state index < -0.39 is 0 Å². The summed E-state index contributed by atoms with van der Waals surface area (Å²) in [5.74, 6) is -0.335. The number of anilines is 2. The van der Waals surface area contributed by atoms with Gasteiger partial charge in [-0.25, -0.2) is 4.39 Å². The quantitative estimate of drug-likeness (QED) is 0.795. The molecule has 4 rings (SSSR count). The molecule has 19 heavy (non-hydrogen) atoms. The van der Waals surface area contributed by atoms with E-state index in [1.165, 1.54) is 12.1 Å². The fourth-order valence-corrected chi connectivity index (χ4v) is 2.67. The molecule has 2 aliphatic rings. The number of halogens is 1. The van der Waals surface area contributed by atoms with Gasteiger partial charge >= 0.3 is 0 Å². The first kappa shape index (κ1) is 10.8. The molecule has 2 aromatic rings. The maximum atomic E-state index is 13.6. The van der Waals surface area contributed by atoms with E-state index in [4.69, 9.17) is 5.73 Å². The van der Waals surface area contributed by atoms with Crippen LogP contribution in [0, 0.1) is 5.82 Å². The lowest BCUT2D eigenvalue weighted by Crippen LogP contribution is -2.23. The van der Waals surface area contributed by atoms with E-state index in [1.54, 1.807) is 4.80 Å². The summed E-state index contributed by atoms with van der Waals surface area (Å²) < 4.78 is 13.6. The summed E-state index contributed by atoms with van der Waals surface area (Å²) in [6, 6.07) is 3.27. The number of benzene rings is 1. The zero-order chi connectivity index (χ0) is 13.1. The Bertz CT molecular complexity index is 674. The first-order valence-corrected chi connectivity index (χ1v) is 6.39. The van der Waals surface area contributed by atoms with Gasteiger partial charge in [-0.1, -0.05) is 0 Å². The molecule has 6 heteroatoms. The van der Waals surface area contributed by atoms with Gasteiger partial charge in [-0.3, -0.25) is 0 Å². The average molecular weight is 259 g/mol. The fraction of sp³-hybridized carbons (Fsp3) is 0.385. The molecule has 1 aliphatic carbocycles. The van der Waals surface area contributed by atoms with E-state index in [0.29, 0.717) is 18.3 Å². The molecule has 0 unspecified atom stereocenters. The largest absolute Gasteiger partial charge is 0.397 e. The third kappa shape index (κ3) is 1.52. The Morgan fingerprint density at radius 2 is 2.11 bits per heavy atom. The van der Waals surface area contributed by atoms with Gasteiger partial charge < -0.3 is 10.6 Å². The van der Waals surface area contributed by atoms with Crippen LogP contribution in [-0.2, 0) is 6.54 Å². The van der Waals surface area contributed by atoms with E-state index in [1.807, 2.05) is 11.9 Å². The lowest BCUT2D eigenvalue weighted by molar-refractivity contribution is 0.549. The summed E-state index contributed by atoms with van der Waals surface area (Å²) in [6.45, 7) is 0.658. The van der Waals surface area contributed by atoms with Gasteiger partial charge in [-0.05, 0) is 25.0 Å². The van der Waals surface area contributed by atoms with E-state index in [0.717, 1.165) is 35.5 Å². The van der Waals surface area contributed by atoms with Crippen LogP contribution in [0.2, 0.25) is 0 Å². The molecule has 0 amide bonds.